The summed E-state index contributed by atoms with van der Waals surface area (Å²) in [4.78, 5) is 27.1. The Morgan fingerprint density at radius 2 is 1.96 bits per heavy atom. The molecule has 0 bridgehead atoms. The molecule has 6 heteroatoms. The third-order valence-electron chi connectivity index (χ3n) is 5.39. The molecule has 1 aliphatic rings. The van der Waals surface area contributed by atoms with E-state index in [2.05, 4.69) is 5.32 Å². The number of nitrogens with one attached hydrogen (secondary N) is 1. The molecule has 2 aromatic carbocycles. The van der Waals surface area contributed by atoms with E-state index in [1.165, 1.54) is 0 Å². The normalized spacial score (nSPS) is 19.8. The van der Waals surface area contributed by atoms with Gasteiger partial charge in [0.15, 0.2) is 0 Å². The lowest BCUT2D eigenvalue weighted by molar-refractivity contribution is -0.135. The largest absolute Gasteiger partial charge is 0.417 e. The Balaban J connectivity index is 1.79. The van der Waals surface area contributed by atoms with Gasteiger partial charge >= 0.3 is 6.09 Å². The van der Waals surface area contributed by atoms with Crippen molar-refractivity contribution in [1.29, 1.82) is 0 Å². The highest BCUT2D eigenvalue weighted by Gasteiger charge is 2.41. The number of anilines is 1. The summed E-state index contributed by atoms with van der Waals surface area (Å²) in [6.45, 7) is 2.82. The number of halogens is 1. The third kappa shape index (κ3) is 4.30. The number of carbonyl (C=O) groups excluding carboxylic acids is 2. The first-order valence-corrected chi connectivity index (χ1v) is 9.93. The van der Waals surface area contributed by atoms with E-state index in [1.807, 2.05) is 37.1 Å². The Morgan fingerprint density at radius 3 is 2.68 bits per heavy atom. The first-order valence-electron chi connectivity index (χ1n) is 9.55. The molecular formula is C22H25ClN2O3. The van der Waals surface area contributed by atoms with Gasteiger partial charge in [0.2, 0.25) is 5.91 Å². The topological polar surface area (TPSA) is 58.6 Å². The third-order valence-corrected chi connectivity index (χ3v) is 5.65. The molecule has 1 heterocycles. The maximum absolute atomic E-state index is 13.1. The van der Waals surface area contributed by atoms with E-state index in [1.54, 1.807) is 30.3 Å². The van der Waals surface area contributed by atoms with E-state index in [0.29, 0.717) is 22.9 Å². The minimum Gasteiger partial charge on any atom is -0.410 e. The average Bonchev–Trinajstić information content (AvgIpc) is 2.83. The van der Waals surface area contributed by atoms with Gasteiger partial charge in [0.1, 0.15) is 5.75 Å². The molecule has 1 atom stereocenters. The molecule has 1 N–H and O–H groups in total. The summed E-state index contributed by atoms with van der Waals surface area (Å²) in [6.07, 6.45) is 2.91. The highest BCUT2D eigenvalue weighted by molar-refractivity contribution is 6.30. The highest BCUT2D eigenvalue weighted by atomic mass is 35.5. The first kappa shape index (κ1) is 20.2. The van der Waals surface area contributed by atoms with Crippen LogP contribution < -0.4 is 10.1 Å². The molecule has 1 unspecified atom stereocenters. The van der Waals surface area contributed by atoms with Crippen molar-refractivity contribution in [2.24, 2.45) is 0 Å². The van der Waals surface area contributed by atoms with Crippen molar-refractivity contribution in [2.45, 2.75) is 38.0 Å². The molecule has 0 radical (unpaired) electrons. The van der Waals surface area contributed by atoms with Gasteiger partial charge in [-0.2, -0.15) is 0 Å². The van der Waals surface area contributed by atoms with Gasteiger partial charge in [-0.05, 0) is 61.2 Å². The zero-order valence-electron chi connectivity index (χ0n) is 16.2. The fraction of sp³-hybridized carbons (Fsp3) is 0.364. The molecule has 2 aromatic rings. The number of nitrogens with zero attached hydrogens (tertiary/aromatic N) is 1. The highest BCUT2D eigenvalue weighted by Crippen LogP contribution is 2.38. The minimum absolute atomic E-state index is 0.135. The van der Waals surface area contributed by atoms with E-state index >= 15 is 0 Å². The van der Waals surface area contributed by atoms with Crippen LogP contribution in [0.2, 0.25) is 5.02 Å². The molecule has 1 saturated heterocycles. The maximum atomic E-state index is 13.1. The van der Waals surface area contributed by atoms with Crippen molar-refractivity contribution >= 4 is 29.3 Å². The van der Waals surface area contributed by atoms with Gasteiger partial charge in [0.25, 0.3) is 0 Å². The van der Waals surface area contributed by atoms with Crippen LogP contribution in [-0.2, 0) is 10.2 Å². The fourth-order valence-electron chi connectivity index (χ4n) is 3.79. The average molecular weight is 401 g/mol. The number of ether oxygens (including phenoxy) is 1. The summed E-state index contributed by atoms with van der Waals surface area (Å²) in [7, 11) is 1.86. The van der Waals surface area contributed by atoms with Crippen molar-refractivity contribution in [3.63, 3.8) is 0 Å². The number of benzene rings is 2. The van der Waals surface area contributed by atoms with Crippen LogP contribution in [0, 0.1) is 0 Å². The number of rotatable bonds is 4. The molecule has 0 spiro atoms. The second kappa shape index (κ2) is 8.65. The molecule has 1 fully saturated rings. The van der Waals surface area contributed by atoms with Crippen LogP contribution in [0.25, 0.3) is 0 Å². The van der Waals surface area contributed by atoms with Gasteiger partial charge in [-0.1, -0.05) is 37.1 Å². The number of likely N-dealkylation sites (tertiary alicyclic amines) is 1. The van der Waals surface area contributed by atoms with E-state index in [-0.39, 0.29) is 5.91 Å². The standard InChI is InChI=1S/C22H25ClN2O3/c1-3-22(13-4-5-14-25(2)20(22)26)16-7-6-8-19(15-16)28-21(27)24-18-11-9-17(23)10-12-18/h6-12,15H,3-5,13-14H2,1-2H3,(H,24,27). The Hall–Kier alpha value is -2.53. The molecule has 5 nitrogen and oxygen atoms in total. The summed E-state index contributed by atoms with van der Waals surface area (Å²) in [6, 6.07) is 14.1. The molecule has 0 saturated carbocycles. The zero-order valence-corrected chi connectivity index (χ0v) is 17.0. The summed E-state index contributed by atoms with van der Waals surface area (Å²) in [5.41, 5.74) is 0.916. The van der Waals surface area contributed by atoms with Crippen LogP contribution in [0.1, 0.15) is 38.2 Å². The Labute approximate surface area is 170 Å². The summed E-state index contributed by atoms with van der Waals surface area (Å²) in [5, 5.41) is 3.26. The van der Waals surface area contributed by atoms with Crippen LogP contribution in [0.3, 0.4) is 0 Å². The monoisotopic (exact) mass is 400 g/mol. The summed E-state index contributed by atoms with van der Waals surface area (Å²) >= 11 is 5.85. The molecule has 0 aromatic heterocycles. The van der Waals surface area contributed by atoms with E-state index in [9.17, 15) is 9.59 Å². The zero-order chi connectivity index (χ0) is 20.1. The van der Waals surface area contributed by atoms with Gasteiger partial charge in [-0.15, -0.1) is 0 Å². The second-order valence-corrected chi connectivity index (χ2v) is 7.61. The van der Waals surface area contributed by atoms with Crippen molar-refractivity contribution in [2.75, 3.05) is 18.9 Å². The second-order valence-electron chi connectivity index (χ2n) is 7.17. The van der Waals surface area contributed by atoms with Gasteiger partial charge in [-0.25, -0.2) is 4.79 Å². The number of likely N-dealkylation sites (N-methyl/N-ethyl adjacent to an activating group) is 1. The van der Waals surface area contributed by atoms with Crippen LogP contribution in [0.5, 0.6) is 5.75 Å². The minimum atomic E-state index is -0.589. The molecule has 3 rings (SSSR count). The maximum Gasteiger partial charge on any atom is 0.417 e. The molecule has 1 aliphatic heterocycles. The van der Waals surface area contributed by atoms with Crippen molar-refractivity contribution in [3.8, 4) is 5.75 Å². The molecule has 28 heavy (non-hydrogen) atoms. The van der Waals surface area contributed by atoms with Crippen LogP contribution >= 0.6 is 11.6 Å². The van der Waals surface area contributed by atoms with Crippen molar-refractivity contribution in [1.82, 2.24) is 4.90 Å². The Bertz CT molecular complexity index is 853. The van der Waals surface area contributed by atoms with Crippen LogP contribution in [-0.4, -0.2) is 30.5 Å². The smallest absolute Gasteiger partial charge is 0.410 e. The van der Waals surface area contributed by atoms with Crippen LogP contribution in [0.4, 0.5) is 10.5 Å². The fourth-order valence-corrected chi connectivity index (χ4v) is 3.92. The van der Waals surface area contributed by atoms with Crippen LogP contribution in [0.15, 0.2) is 48.5 Å². The number of hydrogen-bond acceptors (Lipinski definition) is 3. The Kier molecular flexibility index (Phi) is 6.25. The van der Waals surface area contributed by atoms with Crippen molar-refractivity contribution in [3.05, 3.63) is 59.1 Å². The number of carbonyl (C=O) groups is 2. The lowest BCUT2D eigenvalue weighted by atomic mass is 9.73. The lowest BCUT2D eigenvalue weighted by Crippen LogP contribution is -2.43. The first-order chi connectivity index (χ1) is 13.4. The molecule has 0 aliphatic carbocycles. The summed E-state index contributed by atoms with van der Waals surface area (Å²) < 4.78 is 5.45. The quantitative estimate of drug-likeness (QED) is 0.763. The van der Waals surface area contributed by atoms with Gasteiger partial charge in [0, 0.05) is 24.3 Å². The van der Waals surface area contributed by atoms with E-state index < -0.39 is 11.5 Å². The van der Waals surface area contributed by atoms with E-state index in [0.717, 1.165) is 31.4 Å². The number of amides is 2. The lowest BCUT2D eigenvalue weighted by Gasteiger charge is -2.33. The van der Waals surface area contributed by atoms with E-state index in [4.69, 9.17) is 16.3 Å². The molecule has 148 valence electrons. The van der Waals surface area contributed by atoms with Gasteiger partial charge in [0.05, 0.1) is 5.41 Å². The van der Waals surface area contributed by atoms with Crippen molar-refractivity contribution < 1.29 is 14.3 Å². The predicted molar refractivity (Wildman–Crippen MR) is 111 cm³/mol. The van der Waals surface area contributed by atoms with Gasteiger partial charge in [-0.3, -0.25) is 10.1 Å². The summed E-state index contributed by atoms with van der Waals surface area (Å²) in [5.74, 6) is 0.548. The number of hydrogen-bond donors (Lipinski definition) is 1. The Morgan fingerprint density at radius 1 is 1.21 bits per heavy atom. The van der Waals surface area contributed by atoms with Gasteiger partial charge < -0.3 is 9.64 Å². The molecular weight excluding hydrogens is 376 g/mol. The predicted octanol–water partition coefficient (Wildman–Crippen LogP) is 5.24. The molecule has 2 amide bonds. The SMILES string of the molecule is CCC1(c2cccc(OC(=O)Nc3ccc(Cl)cc3)c2)CCCCN(C)C1=O.